The van der Waals surface area contributed by atoms with Gasteiger partial charge in [0.2, 0.25) is 0 Å². The Morgan fingerprint density at radius 2 is 1.75 bits per heavy atom. The maximum Gasteiger partial charge on any atom is 0.325 e. The number of hydrogen-bond donors (Lipinski definition) is 1. The summed E-state index contributed by atoms with van der Waals surface area (Å²) in [6, 6.07) is 16.0. The fourth-order valence-electron chi connectivity index (χ4n) is 3.64. The highest BCUT2D eigenvalue weighted by Gasteiger charge is 2.43. The summed E-state index contributed by atoms with van der Waals surface area (Å²) in [6.07, 6.45) is 0.667. The highest BCUT2D eigenvalue weighted by atomic mass is 32.2. The van der Waals surface area contributed by atoms with E-state index in [2.05, 4.69) is 52.1 Å². The molecule has 32 heavy (non-hydrogen) atoms. The second-order valence-corrected chi connectivity index (χ2v) is 9.55. The molecule has 0 unspecified atom stereocenters. The molecule has 0 atom stereocenters. The van der Waals surface area contributed by atoms with Crippen LogP contribution in [0.3, 0.4) is 0 Å². The van der Waals surface area contributed by atoms with Crippen molar-refractivity contribution in [3.05, 3.63) is 59.7 Å². The van der Waals surface area contributed by atoms with Crippen molar-refractivity contribution in [1.29, 1.82) is 0 Å². The van der Waals surface area contributed by atoms with Crippen LogP contribution in [0.2, 0.25) is 0 Å². The molecule has 0 bridgehead atoms. The second-order valence-electron chi connectivity index (χ2n) is 8.49. The number of nitrogens with zero attached hydrogens (tertiary/aromatic N) is 4. The Hall–Kier alpha value is -3.13. The van der Waals surface area contributed by atoms with Crippen LogP contribution in [0.4, 0.5) is 4.79 Å². The number of hydrogen-bond acceptors (Lipinski definition) is 5. The van der Waals surface area contributed by atoms with Gasteiger partial charge in [-0.3, -0.25) is 14.3 Å². The van der Waals surface area contributed by atoms with Crippen LogP contribution in [0, 0.1) is 13.8 Å². The lowest BCUT2D eigenvalue weighted by Gasteiger charge is -2.16. The Kier molecular flexibility index (Phi) is 6.06. The molecule has 3 amide bonds. The van der Waals surface area contributed by atoms with E-state index in [0.29, 0.717) is 18.7 Å². The van der Waals surface area contributed by atoms with Gasteiger partial charge in [-0.25, -0.2) is 4.79 Å². The lowest BCUT2D eigenvalue weighted by Crippen LogP contribution is -2.40. The summed E-state index contributed by atoms with van der Waals surface area (Å²) < 4.78 is 2.07. The molecule has 3 aromatic rings. The summed E-state index contributed by atoms with van der Waals surface area (Å²) in [5, 5.41) is 12.4. The zero-order valence-corrected chi connectivity index (χ0v) is 19.6. The molecule has 2 heterocycles. The number of imide groups is 1. The van der Waals surface area contributed by atoms with Gasteiger partial charge >= 0.3 is 6.03 Å². The van der Waals surface area contributed by atoms with Gasteiger partial charge in [0.1, 0.15) is 5.54 Å². The molecule has 1 saturated heterocycles. The number of amides is 3. The fraction of sp³-hybridized carbons (Fsp3) is 0.333. The minimum atomic E-state index is -0.835. The summed E-state index contributed by atoms with van der Waals surface area (Å²) in [6.45, 7) is 8.01. The molecule has 1 aromatic heterocycles. The first-order valence-electron chi connectivity index (χ1n) is 10.6. The number of nitrogens with one attached hydrogen (secondary N) is 1. The molecule has 0 aliphatic carbocycles. The van der Waals surface area contributed by atoms with E-state index in [-0.39, 0.29) is 11.9 Å². The van der Waals surface area contributed by atoms with Gasteiger partial charge in [-0.15, -0.1) is 10.2 Å². The van der Waals surface area contributed by atoms with Crippen molar-refractivity contribution < 1.29 is 9.59 Å². The Bertz CT molecular complexity index is 1160. The van der Waals surface area contributed by atoms with Crippen molar-refractivity contribution in [1.82, 2.24) is 25.0 Å². The monoisotopic (exact) mass is 449 g/mol. The minimum absolute atomic E-state index is 0.183. The van der Waals surface area contributed by atoms with E-state index < -0.39 is 5.54 Å². The van der Waals surface area contributed by atoms with Crippen LogP contribution < -0.4 is 5.32 Å². The molecule has 0 spiro atoms. The van der Waals surface area contributed by atoms with Gasteiger partial charge < -0.3 is 5.32 Å². The molecule has 1 aliphatic heterocycles. The summed E-state index contributed by atoms with van der Waals surface area (Å²) >= 11 is 1.57. The van der Waals surface area contributed by atoms with Crippen molar-refractivity contribution in [2.24, 2.45) is 0 Å². The maximum absolute atomic E-state index is 12.4. The fourth-order valence-corrected chi connectivity index (χ4v) is 4.52. The third-order valence-electron chi connectivity index (χ3n) is 5.62. The van der Waals surface area contributed by atoms with Gasteiger partial charge in [0, 0.05) is 17.9 Å². The molecular weight excluding hydrogens is 422 g/mol. The zero-order chi connectivity index (χ0) is 22.9. The van der Waals surface area contributed by atoms with Gasteiger partial charge in [0.05, 0.1) is 5.69 Å². The first-order chi connectivity index (χ1) is 15.3. The highest BCUT2D eigenvalue weighted by Crippen LogP contribution is 2.29. The van der Waals surface area contributed by atoms with Crippen molar-refractivity contribution in [2.75, 3.05) is 12.3 Å². The predicted molar refractivity (Wildman–Crippen MR) is 126 cm³/mol. The third-order valence-corrected chi connectivity index (χ3v) is 6.63. The molecule has 166 valence electrons. The van der Waals surface area contributed by atoms with E-state index in [1.54, 1.807) is 25.6 Å². The second kappa shape index (κ2) is 8.78. The van der Waals surface area contributed by atoms with Crippen LogP contribution in [0.1, 0.15) is 31.4 Å². The summed E-state index contributed by atoms with van der Waals surface area (Å²) in [5.41, 5.74) is 3.60. The quantitative estimate of drug-likeness (QED) is 0.329. The lowest BCUT2D eigenvalue weighted by molar-refractivity contribution is -0.130. The largest absolute Gasteiger partial charge is 0.325 e. The highest BCUT2D eigenvalue weighted by molar-refractivity contribution is 7.99. The topological polar surface area (TPSA) is 80.1 Å². The predicted octanol–water partition coefficient (Wildman–Crippen LogP) is 4.36. The van der Waals surface area contributed by atoms with Crippen molar-refractivity contribution >= 4 is 23.7 Å². The number of carbonyl (C=O) groups is 2. The first kappa shape index (κ1) is 22.1. The van der Waals surface area contributed by atoms with Gasteiger partial charge in [-0.1, -0.05) is 48.2 Å². The molecule has 0 radical (unpaired) electrons. The third kappa shape index (κ3) is 4.27. The average molecular weight is 450 g/mol. The van der Waals surface area contributed by atoms with Gasteiger partial charge in [-0.2, -0.15) is 0 Å². The lowest BCUT2D eigenvalue weighted by atomic mass is 10.1. The van der Waals surface area contributed by atoms with E-state index in [1.807, 2.05) is 30.3 Å². The summed E-state index contributed by atoms with van der Waals surface area (Å²) in [7, 11) is 0. The Morgan fingerprint density at radius 1 is 1.00 bits per heavy atom. The van der Waals surface area contributed by atoms with Crippen molar-refractivity contribution in [3.63, 3.8) is 0 Å². The average Bonchev–Trinajstić information content (AvgIpc) is 3.27. The molecule has 4 rings (SSSR count). The molecule has 7 nitrogen and oxygen atoms in total. The first-order valence-corrected chi connectivity index (χ1v) is 11.6. The van der Waals surface area contributed by atoms with Crippen LogP contribution >= 0.6 is 11.8 Å². The van der Waals surface area contributed by atoms with Gasteiger partial charge in [0.25, 0.3) is 5.91 Å². The number of benzene rings is 2. The molecule has 1 aliphatic rings. The Morgan fingerprint density at radius 3 is 2.41 bits per heavy atom. The van der Waals surface area contributed by atoms with E-state index in [9.17, 15) is 9.59 Å². The van der Waals surface area contributed by atoms with Crippen LogP contribution in [0.15, 0.2) is 53.7 Å². The Balaban J connectivity index is 1.54. The minimum Gasteiger partial charge on any atom is -0.324 e. The normalized spacial score (nSPS) is 15.3. The van der Waals surface area contributed by atoms with Crippen LogP contribution in [-0.2, 0) is 4.79 Å². The van der Waals surface area contributed by atoms with E-state index >= 15 is 0 Å². The number of rotatable bonds is 7. The number of carbonyl (C=O) groups excluding carboxylic acids is 2. The van der Waals surface area contributed by atoms with E-state index in [0.717, 1.165) is 22.2 Å². The van der Waals surface area contributed by atoms with Crippen molar-refractivity contribution in [3.8, 4) is 17.1 Å². The smallest absolute Gasteiger partial charge is 0.324 e. The molecule has 8 heteroatoms. The number of urea groups is 1. The van der Waals surface area contributed by atoms with Crippen LogP contribution in [-0.4, -0.2) is 49.4 Å². The Labute approximate surface area is 192 Å². The van der Waals surface area contributed by atoms with E-state index in [1.165, 1.54) is 16.0 Å². The standard InChI is InChI=1S/C24H27N5O2S/c1-16-11-12-19(15-17(16)2)29-20(18-9-6-5-7-10-18)26-27-23(29)32-14-8-13-28-21(30)24(3,4)25-22(28)31/h5-7,9-12,15H,8,13-14H2,1-4H3,(H,25,31). The van der Waals surface area contributed by atoms with Crippen LogP contribution in [0.25, 0.3) is 17.1 Å². The maximum atomic E-state index is 12.4. The molecular formula is C24H27N5O2S. The number of aryl methyl sites for hydroxylation is 2. The van der Waals surface area contributed by atoms with Gasteiger partial charge in [-0.05, 0) is 57.4 Å². The molecule has 1 fully saturated rings. The SMILES string of the molecule is Cc1ccc(-n2c(SCCCN3C(=O)NC(C)(C)C3=O)nnc2-c2ccccc2)cc1C. The number of aromatic nitrogens is 3. The molecule has 0 saturated carbocycles. The number of thioether (sulfide) groups is 1. The summed E-state index contributed by atoms with van der Waals surface area (Å²) in [4.78, 5) is 25.7. The van der Waals surface area contributed by atoms with E-state index in [4.69, 9.17) is 0 Å². The molecule has 1 N–H and O–H groups in total. The zero-order valence-electron chi connectivity index (χ0n) is 18.8. The van der Waals surface area contributed by atoms with Crippen molar-refractivity contribution in [2.45, 2.75) is 44.8 Å². The van der Waals surface area contributed by atoms with Crippen LogP contribution in [0.5, 0.6) is 0 Å². The summed E-state index contributed by atoms with van der Waals surface area (Å²) in [5.74, 6) is 1.30. The molecule has 2 aromatic carbocycles. The van der Waals surface area contributed by atoms with Gasteiger partial charge in [0.15, 0.2) is 11.0 Å².